The predicted octanol–water partition coefficient (Wildman–Crippen LogP) is 3.04. The van der Waals surface area contributed by atoms with Gasteiger partial charge in [0, 0.05) is 5.69 Å². The summed E-state index contributed by atoms with van der Waals surface area (Å²) in [6.07, 6.45) is 0. The van der Waals surface area contributed by atoms with Crippen LogP contribution in [-0.2, 0) is 0 Å². The van der Waals surface area contributed by atoms with Crippen LogP contribution < -0.4 is 5.32 Å². The Morgan fingerprint density at radius 1 is 1.15 bits per heavy atom. The lowest BCUT2D eigenvalue weighted by Gasteiger charge is -2.36. The van der Waals surface area contributed by atoms with Gasteiger partial charge in [-0.25, -0.2) is 0 Å². The van der Waals surface area contributed by atoms with Gasteiger partial charge in [0.05, 0.1) is 0 Å². The van der Waals surface area contributed by atoms with Gasteiger partial charge >= 0.3 is 0 Å². The molecular weight excluding hydrogens is 174 g/mol. The Hall–Kier alpha value is -0.503. The topological polar surface area (TPSA) is 15.8 Å². The van der Waals surface area contributed by atoms with Gasteiger partial charge in [-0.2, -0.15) is 0 Å². The first kappa shape index (κ1) is 10.6. The molecule has 0 saturated carbocycles. The zero-order chi connectivity index (χ0) is 10.3. The number of hydrogen-bond donors (Lipinski definition) is 1. The lowest BCUT2D eigenvalue weighted by atomic mass is 10.2. The summed E-state index contributed by atoms with van der Waals surface area (Å²) >= 11 is 0. The molecule has 13 heavy (non-hydrogen) atoms. The maximum absolute atomic E-state index is 3.48. The van der Waals surface area contributed by atoms with Crippen molar-refractivity contribution in [1.29, 1.82) is 0 Å². The third-order valence-corrected chi connectivity index (χ3v) is 8.77. The number of rotatable bonds is 1. The Bertz CT molecular complexity index is 291. The van der Waals surface area contributed by atoms with Gasteiger partial charge in [-0.15, -0.1) is 0 Å². The van der Waals surface area contributed by atoms with Crippen LogP contribution >= 0.6 is 0 Å². The van der Waals surface area contributed by atoms with Crippen molar-refractivity contribution >= 4 is 13.4 Å². The molecule has 1 aromatic rings. The molecule has 0 radical (unpaired) electrons. The molecule has 0 amide bonds. The minimum absolute atomic E-state index is 0.421. The summed E-state index contributed by atoms with van der Waals surface area (Å²) in [7, 11) is -1.32. The second kappa shape index (κ2) is 3.02. The highest BCUT2D eigenvalue weighted by atomic mass is 28.3. The van der Waals surface area contributed by atoms with Crippen LogP contribution in [0.3, 0.4) is 0 Å². The summed E-state index contributed by atoms with van der Waals surface area (Å²) in [6.45, 7) is 14.0. The van der Waals surface area contributed by atoms with E-state index in [0.29, 0.717) is 5.04 Å². The van der Waals surface area contributed by atoms with Gasteiger partial charge in [0.15, 0.2) is 0 Å². The maximum atomic E-state index is 3.48. The molecule has 2 heteroatoms. The largest absolute Gasteiger partial charge is 0.366 e. The van der Waals surface area contributed by atoms with E-state index in [0.717, 1.165) is 0 Å². The van der Waals surface area contributed by atoms with E-state index in [1.54, 1.807) is 0 Å². The molecule has 1 nitrogen and oxygen atoms in total. The zero-order valence-corrected chi connectivity index (χ0v) is 10.7. The Labute approximate surface area is 82.6 Å². The van der Waals surface area contributed by atoms with E-state index in [1.165, 1.54) is 11.0 Å². The predicted molar refractivity (Wildman–Crippen MR) is 62.4 cm³/mol. The fraction of sp³-hybridized carbons (Fsp3) is 0.636. The summed E-state index contributed by atoms with van der Waals surface area (Å²) in [4.78, 5) is 3.48. The Morgan fingerprint density at radius 2 is 1.69 bits per heavy atom. The molecule has 0 bridgehead atoms. The summed E-state index contributed by atoms with van der Waals surface area (Å²) in [5, 5.41) is 1.89. The fourth-order valence-corrected chi connectivity index (χ4v) is 3.09. The molecule has 1 aromatic heterocycles. The first-order chi connectivity index (χ1) is 5.75. The van der Waals surface area contributed by atoms with Crippen molar-refractivity contribution in [2.24, 2.45) is 0 Å². The molecule has 0 saturated heterocycles. The summed E-state index contributed by atoms with van der Waals surface area (Å²) < 4.78 is 0. The van der Waals surface area contributed by atoms with E-state index in [-0.39, 0.29) is 0 Å². The Morgan fingerprint density at radius 3 is 2.00 bits per heavy atom. The normalized spacial score (nSPS) is 13.4. The first-order valence-electron chi connectivity index (χ1n) is 4.91. The molecule has 0 aliphatic heterocycles. The highest BCUT2D eigenvalue weighted by Crippen LogP contribution is 2.35. The van der Waals surface area contributed by atoms with Crippen molar-refractivity contribution in [3.63, 3.8) is 0 Å². The van der Waals surface area contributed by atoms with Crippen LogP contribution in [0, 0.1) is 6.92 Å². The van der Waals surface area contributed by atoms with E-state index in [9.17, 15) is 0 Å². The minimum Gasteiger partial charge on any atom is -0.366 e. The lowest BCUT2D eigenvalue weighted by molar-refractivity contribution is 0.728. The molecule has 0 unspecified atom stereocenters. The highest BCUT2D eigenvalue weighted by molar-refractivity contribution is 6.91. The second-order valence-electron chi connectivity index (χ2n) is 5.43. The van der Waals surface area contributed by atoms with Gasteiger partial charge in [0.25, 0.3) is 0 Å². The molecular formula is C11H21NSi. The van der Waals surface area contributed by atoms with Gasteiger partial charge in [0.1, 0.15) is 8.07 Å². The van der Waals surface area contributed by atoms with Crippen LogP contribution in [0.5, 0.6) is 0 Å². The third kappa shape index (κ3) is 1.88. The number of nitrogens with one attached hydrogen (secondary N) is 1. The van der Waals surface area contributed by atoms with E-state index in [4.69, 9.17) is 0 Å². The van der Waals surface area contributed by atoms with Crippen molar-refractivity contribution in [2.45, 2.75) is 45.8 Å². The minimum atomic E-state index is -1.32. The van der Waals surface area contributed by atoms with Crippen molar-refractivity contribution in [3.05, 3.63) is 17.8 Å². The zero-order valence-electron chi connectivity index (χ0n) is 9.65. The van der Waals surface area contributed by atoms with Crippen LogP contribution in [0.2, 0.25) is 18.1 Å². The molecule has 0 aromatic carbocycles. The van der Waals surface area contributed by atoms with Crippen LogP contribution in [0.1, 0.15) is 26.5 Å². The third-order valence-electron chi connectivity index (χ3n) is 3.38. The van der Waals surface area contributed by atoms with Crippen molar-refractivity contribution in [2.75, 3.05) is 0 Å². The molecule has 74 valence electrons. The SMILES string of the molecule is Cc1ccc([Si](C)(C)C(C)(C)C)[nH]1. The molecule has 0 fully saturated rings. The molecule has 0 aliphatic rings. The lowest BCUT2D eigenvalue weighted by Crippen LogP contribution is -2.50. The van der Waals surface area contributed by atoms with E-state index in [2.05, 4.69) is 57.9 Å². The molecule has 0 spiro atoms. The van der Waals surface area contributed by atoms with Crippen LogP contribution in [0.15, 0.2) is 12.1 Å². The van der Waals surface area contributed by atoms with Gasteiger partial charge in [-0.3, -0.25) is 0 Å². The van der Waals surface area contributed by atoms with Crippen molar-refractivity contribution in [1.82, 2.24) is 4.98 Å². The van der Waals surface area contributed by atoms with Crippen molar-refractivity contribution < 1.29 is 0 Å². The second-order valence-corrected chi connectivity index (χ2v) is 10.7. The quantitative estimate of drug-likeness (QED) is 0.663. The summed E-state index contributed by atoms with van der Waals surface area (Å²) in [6, 6.07) is 4.43. The van der Waals surface area contributed by atoms with E-state index in [1.807, 2.05) is 0 Å². The Balaban J connectivity index is 3.07. The average Bonchev–Trinajstić information content (AvgIpc) is 2.33. The van der Waals surface area contributed by atoms with Gasteiger partial charge in [0.2, 0.25) is 0 Å². The van der Waals surface area contributed by atoms with Crippen LogP contribution in [0.4, 0.5) is 0 Å². The molecule has 1 N–H and O–H groups in total. The summed E-state index contributed by atoms with van der Waals surface area (Å²) in [5.74, 6) is 0. The molecule has 0 atom stereocenters. The fourth-order valence-electron chi connectivity index (χ4n) is 1.27. The number of aromatic amines is 1. The van der Waals surface area contributed by atoms with E-state index >= 15 is 0 Å². The average molecular weight is 195 g/mol. The molecule has 1 rings (SSSR count). The molecule has 1 heterocycles. The van der Waals surface area contributed by atoms with Crippen LogP contribution in [-0.4, -0.2) is 13.1 Å². The summed E-state index contributed by atoms with van der Waals surface area (Å²) in [5.41, 5.74) is 1.28. The van der Waals surface area contributed by atoms with Gasteiger partial charge < -0.3 is 4.98 Å². The highest BCUT2D eigenvalue weighted by Gasteiger charge is 2.37. The van der Waals surface area contributed by atoms with Crippen molar-refractivity contribution in [3.8, 4) is 0 Å². The number of H-pyrrole nitrogens is 1. The van der Waals surface area contributed by atoms with Crippen LogP contribution in [0.25, 0.3) is 0 Å². The maximum Gasteiger partial charge on any atom is 0.106 e. The van der Waals surface area contributed by atoms with Gasteiger partial charge in [-0.1, -0.05) is 33.9 Å². The standard InChI is InChI=1S/C11H21NSi/c1-9-7-8-10(12-9)13(5,6)11(2,3)4/h7-8,12H,1-6H3. The first-order valence-corrected chi connectivity index (χ1v) is 7.91. The monoisotopic (exact) mass is 195 g/mol. The number of aryl methyl sites for hydroxylation is 1. The molecule has 0 aliphatic carbocycles. The van der Waals surface area contributed by atoms with Gasteiger partial charge in [-0.05, 0) is 29.4 Å². The number of aromatic nitrogens is 1. The number of hydrogen-bond acceptors (Lipinski definition) is 0. The Kier molecular flexibility index (Phi) is 2.45. The smallest absolute Gasteiger partial charge is 0.106 e. The van der Waals surface area contributed by atoms with E-state index < -0.39 is 8.07 Å².